The minimum atomic E-state index is -0.350. The van der Waals surface area contributed by atoms with Crippen molar-refractivity contribution in [2.75, 3.05) is 18.5 Å². The van der Waals surface area contributed by atoms with E-state index in [-0.39, 0.29) is 18.4 Å². The first kappa shape index (κ1) is 21.5. The lowest BCUT2D eigenvalue weighted by Crippen LogP contribution is -2.36. The van der Waals surface area contributed by atoms with Crippen LogP contribution in [0.5, 0.6) is 5.75 Å². The molecule has 158 valence electrons. The van der Waals surface area contributed by atoms with Crippen LogP contribution in [0.1, 0.15) is 18.1 Å². The van der Waals surface area contributed by atoms with E-state index >= 15 is 0 Å². The van der Waals surface area contributed by atoms with Gasteiger partial charge in [0.15, 0.2) is 5.13 Å². The second-order valence-corrected chi connectivity index (χ2v) is 9.51. The lowest BCUT2D eigenvalue weighted by Gasteiger charge is -2.13. The molecule has 2 heterocycles. The number of carbonyl (C=O) groups excluding carboxylic acids is 2. The summed E-state index contributed by atoms with van der Waals surface area (Å²) < 4.78 is 6.78. The molecule has 1 aliphatic heterocycles. The molecule has 3 aromatic rings. The van der Waals surface area contributed by atoms with Gasteiger partial charge >= 0.3 is 0 Å². The van der Waals surface area contributed by atoms with Crippen molar-refractivity contribution in [3.8, 4) is 5.75 Å². The van der Waals surface area contributed by atoms with Crippen molar-refractivity contribution >= 4 is 72.9 Å². The molecule has 4 rings (SSSR count). The smallest absolute Gasteiger partial charge is 0.266 e. The van der Waals surface area contributed by atoms with Crippen LogP contribution in [0.4, 0.5) is 5.13 Å². The van der Waals surface area contributed by atoms with Gasteiger partial charge in [-0.05, 0) is 43.7 Å². The molecule has 0 spiro atoms. The van der Waals surface area contributed by atoms with E-state index in [0.29, 0.717) is 21.0 Å². The number of rotatable bonds is 6. The van der Waals surface area contributed by atoms with Gasteiger partial charge in [-0.1, -0.05) is 65.1 Å². The van der Waals surface area contributed by atoms with Crippen molar-refractivity contribution < 1.29 is 14.3 Å². The molecule has 1 N–H and O–H groups in total. The molecule has 2 amide bonds. The fraction of sp³-hybridized carbons (Fsp3) is 0.182. The molecule has 0 saturated carbocycles. The topological polar surface area (TPSA) is 71.5 Å². The summed E-state index contributed by atoms with van der Waals surface area (Å²) in [4.78, 5) is 31.6. The van der Waals surface area contributed by atoms with Crippen molar-refractivity contribution in [3.05, 3.63) is 58.5 Å². The predicted octanol–water partition coefficient (Wildman–Crippen LogP) is 4.84. The van der Waals surface area contributed by atoms with E-state index < -0.39 is 0 Å². The van der Waals surface area contributed by atoms with Gasteiger partial charge in [0.05, 0.1) is 21.7 Å². The molecule has 0 atom stereocenters. The Hall–Kier alpha value is -2.75. The molecule has 1 aromatic heterocycles. The standard InChI is InChI=1S/C22H19N3O3S3/c1-3-28-15-8-9-16-17(11-15)30-21(23-16)24-19(26)12-25-20(27)18(31-22(25)29)10-14-6-4-13(2)5-7-14/h4-11H,3,12H2,1-2H3,(H,23,24,26)/b18-10-. The summed E-state index contributed by atoms with van der Waals surface area (Å²) in [6.07, 6.45) is 1.79. The lowest BCUT2D eigenvalue weighted by molar-refractivity contribution is -0.126. The Morgan fingerprint density at radius 2 is 2.03 bits per heavy atom. The summed E-state index contributed by atoms with van der Waals surface area (Å²) in [6.45, 7) is 4.35. The zero-order valence-corrected chi connectivity index (χ0v) is 19.3. The Labute approximate surface area is 193 Å². The van der Waals surface area contributed by atoms with Crippen molar-refractivity contribution in [1.82, 2.24) is 9.88 Å². The molecule has 0 radical (unpaired) electrons. The van der Waals surface area contributed by atoms with Gasteiger partial charge in [0.1, 0.15) is 16.6 Å². The molecule has 9 heteroatoms. The number of anilines is 1. The monoisotopic (exact) mass is 469 g/mol. The number of thiocarbonyl (C=S) groups is 1. The van der Waals surface area contributed by atoms with Crippen molar-refractivity contribution in [2.24, 2.45) is 0 Å². The predicted molar refractivity (Wildman–Crippen MR) is 130 cm³/mol. The molecule has 0 aliphatic carbocycles. The summed E-state index contributed by atoms with van der Waals surface area (Å²) in [6, 6.07) is 13.4. The second kappa shape index (κ2) is 9.17. The van der Waals surface area contributed by atoms with Crippen LogP contribution in [-0.2, 0) is 9.59 Å². The summed E-state index contributed by atoms with van der Waals surface area (Å²) in [5, 5.41) is 3.23. The minimum Gasteiger partial charge on any atom is -0.494 e. The van der Waals surface area contributed by atoms with Crippen LogP contribution in [-0.4, -0.2) is 39.2 Å². The van der Waals surface area contributed by atoms with Crippen LogP contribution in [0.15, 0.2) is 47.4 Å². The number of hydrogen-bond acceptors (Lipinski definition) is 7. The van der Waals surface area contributed by atoms with Crippen LogP contribution in [0.2, 0.25) is 0 Å². The number of ether oxygens (including phenoxy) is 1. The third-order valence-electron chi connectivity index (χ3n) is 4.47. The lowest BCUT2D eigenvalue weighted by atomic mass is 10.1. The van der Waals surface area contributed by atoms with Crippen LogP contribution >= 0.6 is 35.3 Å². The number of carbonyl (C=O) groups is 2. The van der Waals surface area contributed by atoms with Crippen molar-refractivity contribution in [2.45, 2.75) is 13.8 Å². The molecule has 1 fully saturated rings. The number of aromatic nitrogens is 1. The number of benzene rings is 2. The van der Waals surface area contributed by atoms with Gasteiger partial charge in [0.2, 0.25) is 5.91 Å². The van der Waals surface area contributed by atoms with Crippen LogP contribution in [0.25, 0.3) is 16.3 Å². The Kier molecular flexibility index (Phi) is 6.35. The normalized spacial score (nSPS) is 15.2. The van der Waals surface area contributed by atoms with Gasteiger partial charge in [0.25, 0.3) is 5.91 Å². The van der Waals surface area contributed by atoms with Crippen LogP contribution in [0, 0.1) is 6.92 Å². The minimum absolute atomic E-state index is 0.157. The van der Waals surface area contributed by atoms with Crippen molar-refractivity contribution in [3.63, 3.8) is 0 Å². The second-order valence-electron chi connectivity index (χ2n) is 6.81. The first-order chi connectivity index (χ1) is 14.9. The van der Waals surface area contributed by atoms with E-state index in [4.69, 9.17) is 17.0 Å². The number of thiazole rings is 1. The average molecular weight is 470 g/mol. The molecule has 1 aliphatic rings. The van der Waals surface area contributed by atoms with Gasteiger partial charge in [-0.15, -0.1) is 0 Å². The number of hydrogen-bond donors (Lipinski definition) is 1. The van der Waals surface area contributed by atoms with Gasteiger partial charge < -0.3 is 10.1 Å². The molecule has 0 bridgehead atoms. The molecule has 1 saturated heterocycles. The highest BCUT2D eigenvalue weighted by atomic mass is 32.2. The maximum Gasteiger partial charge on any atom is 0.266 e. The number of nitrogens with one attached hydrogen (secondary N) is 1. The zero-order valence-electron chi connectivity index (χ0n) is 16.9. The number of thioether (sulfide) groups is 1. The third-order valence-corrected chi connectivity index (χ3v) is 6.78. The highest BCUT2D eigenvalue weighted by molar-refractivity contribution is 8.26. The van der Waals surface area contributed by atoms with Crippen molar-refractivity contribution in [1.29, 1.82) is 0 Å². The van der Waals surface area contributed by atoms with E-state index in [1.54, 1.807) is 6.08 Å². The summed E-state index contributed by atoms with van der Waals surface area (Å²) in [5.74, 6) is 0.141. The Morgan fingerprint density at radius 1 is 1.26 bits per heavy atom. The molecular weight excluding hydrogens is 450 g/mol. The molecule has 31 heavy (non-hydrogen) atoms. The Bertz CT molecular complexity index is 1200. The van der Waals surface area contributed by atoms with E-state index in [0.717, 1.165) is 27.1 Å². The summed E-state index contributed by atoms with van der Waals surface area (Å²) in [5.41, 5.74) is 2.83. The van der Waals surface area contributed by atoms with E-state index in [2.05, 4.69) is 10.3 Å². The number of fused-ring (bicyclic) bond motifs is 1. The Balaban J connectivity index is 1.43. The quantitative estimate of drug-likeness (QED) is 0.411. The highest BCUT2D eigenvalue weighted by Crippen LogP contribution is 2.33. The fourth-order valence-electron chi connectivity index (χ4n) is 2.97. The number of aryl methyl sites for hydroxylation is 1. The third kappa shape index (κ3) is 4.95. The largest absolute Gasteiger partial charge is 0.494 e. The van der Waals surface area contributed by atoms with E-state index in [1.165, 1.54) is 28.0 Å². The first-order valence-electron chi connectivity index (χ1n) is 9.58. The first-order valence-corrected chi connectivity index (χ1v) is 11.6. The van der Waals surface area contributed by atoms with E-state index in [9.17, 15) is 9.59 Å². The summed E-state index contributed by atoms with van der Waals surface area (Å²) >= 11 is 7.88. The number of amides is 2. The maximum atomic E-state index is 12.8. The van der Waals surface area contributed by atoms with Gasteiger partial charge in [-0.3, -0.25) is 14.5 Å². The van der Waals surface area contributed by atoms with E-state index in [1.807, 2.05) is 56.3 Å². The van der Waals surface area contributed by atoms with Gasteiger partial charge in [-0.2, -0.15) is 0 Å². The van der Waals surface area contributed by atoms with Gasteiger partial charge in [0, 0.05) is 0 Å². The van der Waals surface area contributed by atoms with Crippen LogP contribution < -0.4 is 10.1 Å². The SMILES string of the molecule is CCOc1ccc2nc(NC(=O)CN3C(=O)/C(=C/c4ccc(C)cc4)SC3=S)sc2c1. The van der Waals surface area contributed by atoms with Gasteiger partial charge in [-0.25, -0.2) is 4.98 Å². The van der Waals surface area contributed by atoms with Crippen LogP contribution in [0.3, 0.4) is 0 Å². The molecule has 6 nitrogen and oxygen atoms in total. The Morgan fingerprint density at radius 3 is 2.77 bits per heavy atom. The fourth-order valence-corrected chi connectivity index (χ4v) is 5.13. The molecule has 0 unspecified atom stereocenters. The maximum absolute atomic E-state index is 12.8. The molecular formula is C22H19N3O3S3. The molecule has 2 aromatic carbocycles. The number of nitrogens with zero attached hydrogens (tertiary/aromatic N) is 2. The highest BCUT2D eigenvalue weighted by Gasteiger charge is 2.33. The zero-order chi connectivity index (χ0) is 22.0. The average Bonchev–Trinajstić information content (AvgIpc) is 3.24. The summed E-state index contributed by atoms with van der Waals surface area (Å²) in [7, 11) is 0.